The minimum absolute atomic E-state index is 0.126. The number of hydrogen-bond acceptors (Lipinski definition) is 6. The quantitative estimate of drug-likeness (QED) is 0.270. The molecule has 0 fully saturated rings. The molecule has 0 saturated heterocycles. The molecule has 1 unspecified atom stereocenters. The third-order valence-corrected chi connectivity index (χ3v) is 6.39. The Kier molecular flexibility index (Phi) is 9.88. The largest absolute Gasteiger partial charge is 0.497 e. The first-order chi connectivity index (χ1) is 19.4. The number of methoxy groups -OCH3 is 1. The SMILES string of the molecule is COc1ccc(CN(C(=O)c2ccccc2)C(C(=O)NCCn2cc(COc3ccccc3)nn2)C(C)C)cc1. The lowest BCUT2D eigenvalue weighted by Crippen LogP contribution is -2.52. The van der Waals surface area contributed by atoms with E-state index in [0.717, 1.165) is 17.1 Å². The van der Waals surface area contributed by atoms with Crippen LogP contribution in [0, 0.1) is 5.92 Å². The van der Waals surface area contributed by atoms with Gasteiger partial charge in [-0.3, -0.25) is 14.3 Å². The van der Waals surface area contributed by atoms with Crippen molar-refractivity contribution in [3.05, 3.63) is 108 Å². The normalized spacial score (nSPS) is 11.6. The highest BCUT2D eigenvalue weighted by Gasteiger charge is 2.33. The van der Waals surface area contributed by atoms with E-state index in [0.29, 0.717) is 31.0 Å². The lowest BCUT2D eigenvalue weighted by molar-refractivity contribution is -0.127. The van der Waals surface area contributed by atoms with Gasteiger partial charge in [0.15, 0.2) is 0 Å². The van der Waals surface area contributed by atoms with Crippen LogP contribution in [0.1, 0.15) is 35.5 Å². The number of carbonyl (C=O) groups is 2. The molecule has 1 atom stereocenters. The van der Waals surface area contributed by atoms with Gasteiger partial charge in [0.2, 0.25) is 5.91 Å². The minimum Gasteiger partial charge on any atom is -0.497 e. The Labute approximate surface area is 234 Å². The van der Waals surface area contributed by atoms with Crippen molar-refractivity contribution in [1.29, 1.82) is 0 Å². The second-order valence-corrected chi connectivity index (χ2v) is 9.70. The number of nitrogens with one attached hydrogen (secondary N) is 1. The predicted molar refractivity (Wildman–Crippen MR) is 152 cm³/mol. The van der Waals surface area contributed by atoms with Gasteiger partial charge in [0.1, 0.15) is 29.8 Å². The van der Waals surface area contributed by atoms with Gasteiger partial charge in [0, 0.05) is 18.7 Å². The molecule has 1 aromatic heterocycles. The first-order valence-corrected chi connectivity index (χ1v) is 13.3. The van der Waals surface area contributed by atoms with Gasteiger partial charge in [-0.15, -0.1) is 5.10 Å². The van der Waals surface area contributed by atoms with E-state index in [2.05, 4.69) is 15.6 Å². The lowest BCUT2D eigenvalue weighted by atomic mass is 9.99. The molecule has 4 rings (SSSR count). The zero-order valence-corrected chi connectivity index (χ0v) is 23.1. The molecule has 9 nitrogen and oxygen atoms in total. The molecular formula is C31H35N5O4. The summed E-state index contributed by atoms with van der Waals surface area (Å²) >= 11 is 0. The number of aromatic nitrogens is 3. The molecule has 1 N–H and O–H groups in total. The second kappa shape index (κ2) is 13.9. The molecule has 40 heavy (non-hydrogen) atoms. The predicted octanol–water partition coefficient (Wildman–Crippen LogP) is 4.35. The van der Waals surface area contributed by atoms with Gasteiger partial charge in [0.25, 0.3) is 5.91 Å². The summed E-state index contributed by atoms with van der Waals surface area (Å²) in [5, 5.41) is 11.3. The maximum absolute atomic E-state index is 13.7. The van der Waals surface area contributed by atoms with Crippen LogP contribution in [-0.2, 0) is 24.5 Å². The van der Waals surface area contributed by atoms with Crippen molar-refractivity contribution in [1.82, 2.24) is 25.2 Å². The highest BCUT2D eigenvalue weighted by molar-refractivity contribution is 5.97. The van der Waals surface area contributed by atoms with Crippen LogP contribution in [0.4, 0.5) is 0 Å². The third kappa shape index (κ3) is 7.69. The Bertz CT molecular complexity index is 1360. The molecular weight excluding hydrogens is 506 g/mol. The first kappa shape index (κ1) is 28.4. The molecule has 0 aliphatic heterocycles. The fourth-order valence-electron chi connectivity index (χ4n) is 4.36. The molecule has 0 spiro atoms. The van der Waals surface area contributed by atoms with Crippen molar-refractivity contribution in [2.75, 3.05) is 13.7 Å². The molecule has 4 aromatic rings. The number of hydrogen-bond donors (Lipinski definition) is 1. The fourth-order valence-corrected chi connectivity index (χ4v) is 4.36. The van der Waals surface area contributed by atoms with Gasteiger partial charge in [-0.2, -0.15) is 0 Å². The number of nitrogens with zero attached hydrogens (tertiary/aromatic N) is 4. The van der Waals surface area contributed by atoms with Gasteiger partial charge < -0.3 is 19.7 Å². The van der Waals surface area contributed by atoms with Crippen molar-refractivity contribution >= 4 is 11.8 Å². The number of para-hydroxylation sites is 1. The van der Waals surface area contributed by atoms with E-state index in [1.807, 2.05) is 86.6 Å². The smallest absolute Gasteiger partial charge is 0.254 e. The van der Waals surface area contributed by atoms with Crippen LogP contribution < -0.4 is 14.8 Å². The van der Waals surface area contributed by atoms with E-state index in [1.54, 1.807) is 35.0 Å². The number of amides is 2. The molecule has 0 saturated carbocycles. The monoisotopic (exact) mass is 541 g/mol. The van der Waals surface area contributed by atoms with E-state index < -0.39 is 6.04 Å². The molecule has 0 aliphatic carbocycles. The Hall–Kier alpha value is -4.66. The van der Waals surface area contributed by atoms with E-state index in [4.69, 9.17) is 9.47 Å². The van der Waals surface area contributed by atoms with Crippen LogP contribution in [0.3, 0.4) is 0 Å². The molecule has 9 heteroatoms. The van der Waals surface area contributed by atoms with Crippen LogP contribution in [0.15, 0.2) is 91.1 Å². The molecule has 1 heterocycles. The van der Waals surface area contributed by atoms with E-state index in [9.17, 15) is 9.59 Å². The Morgan fingerprint density at radius 2 is 1.60 bits per heavy atom. The van der Waals surface area contributed by atoms with Crippen LogP contribution in [0.2, 0.25) is 0 Å². The first-order valence-electron chi connectivity index (χ1n) is 13.3. The summed E-state index contributed by atoms with van der Waals surface area (Å²) in [5.74, 6) is 0.934. The summed E-state index contributed by atoms with van der Waals surface area (Å²) < 4.78 is 12.7. The van der Waals surface area contributed by atoms with Crippen molar-refractivity contribution in [2.45, 2.75) is 39.6 Å². The fraction of sp³-hybridized carbons (Fsp3) is 0.290. The number of carbonyl (C=O) groups excluding carboxylic acids is 2. The zero-order valence-electron chi connectivity index (χ0n) is 23.1. The van der Waals surface area contributed by atoms with Gasteiger partial charge in [0.05, 0.1) is 19.9 Å². The van der Waals surface area contributed by atoms with Crippen LogP contribution in [0.25, 0.3) is 0 Å². The van der Waals surface area contributed by atoms with Gasteiger partial charge in [-0.1, -0.05) is 67.6 Å². The maximum atomic E-state index is 13.7. The molecule has 208 valence electrons. The van der Waals surface area contributed by atoms with E-state index in [-0.39, 0.29) is 24.3 Å². The van der Waals surface area contributed by atoms with Crippen LogP contribution in [0.5, 0.6) is 11.5 Å². The zero-order chi connectivity index (χ0) is 28.3. The summed E-state index contributed by atoms with van der Waals surface area (Å²) in [6.07, 6.45) is 1.80. The van der Waals surface area contributed by atoms with Crippen molar-refractivity contribution in [2.24, 2.45) is 5.92 Å². The van der Waals surface area contributed by atoms with Gasteiger partial charge in [-0.25, -0.2) is 0 Å². The number of benzene rings is 3. The lowest BCUT2D eigenvalue weighted by Gasteiger charge is -2.34. The van der Waals surface area contributed by atoms with Crippen LogP contribution >= 0.6 is 0 Å². The Balaban J connectivity index is 1.41. The van der Waals surface area contributed by atoms with E-state index >= 15 is 0 Å². The highest BCUT2D eigenvalue weighted by atomic mass is 16.5. The van der Waals surface area contributed by atoms with Crippen molar-refractivity contribution < 1.29 is 19.1 Å². The molecule has 0 radical (unpaired) electrons. The van der Waals surface area contributed by atoms with Crippen molar-refractivity contribution in [3.63, 3.8) is 0 Å². The third-order valence-electron chi connectivity index (χ3n) is 6.39. The van der Waals surface area contributed by atoms with Gasteiger partial charge in [-0.05, 0) is 47.9 Å². The standard InChI is InChI=1S/C31H35N5O4/c1-23(2)29(30(37)32-18-19-35-21-26(33-34-35)22-40-28-12-8-5-9-13-28)36(31(38)25-10-6-4-7-11-25)20-24-14-16-27(39-3)17-15-24/h4-17,21,23,29H,18-20,22H2,1-3H3,(H,32,37). The van der Waals surface area contributed by atoms with Crippen LogP contribution in [-0.4, -0.2) is 51.4 Å². The van der Waals surface area contributed by atoms with Gasteiger partial charge >= 0.3 is 0 Å². The summed E-state index contributed by atoms with van der Waals surface area (Å²) in [6, 6.07) is 25.4. The highest BCUT2D eigenvalue weighted by Crippen LogP contribution is 2.21. The second-order valence-electron chi connectivity index (χ2n) is 9.70. The topological polar surface area (TPSA) is 98.6 Å². The molecule has 0 aliphatic rings. The summed E-state index contributed by atoms with van der Waals surface area (Å²) in [5.41, 5.74) is 2.12. The van der Waals surface area contributed by atoms with Crippen molar-refractivity contribution in [3.8, 4) is 11.5 Å². The molecule has 0 bridgehead atoms. The number of rotatable bonds is 13. The molecule has 2 amide bonds. The Morgan fingerprint density at radius 1 is 0.925 bits per heavy atom. The average molecular weight is 542 g/mol. The van der Waals surface area contributed by atoms with E-state index in [1.165, 1.54) is 0 Å². The number of ether oxygens (including phenoxy) is 2. The summed E-state index contributed by atoms with van der Waals surface area (Å²) in [6.45, 7) is 5.23. The Morgan fingerprint density at radius 3 is 2.25 bits per heavy atom. The summed E-state index contributed by atoms with van der Waals surface area (Å²) in [7, 11) is 1.61. The average Bonchev–Trinajstić information content (AvgIpc) is 3.44. The molecule has 3 aromatic carbocycles. The maximum Gasteiger partial charge on any atom is 0.254 e. The minimum atomic E-state index is -0.680. The summed E-state index contributed by atoms with van der Waals surface area (Å²) in [4.78, 5) is 28.8.